The molecular weight excluding hydrogens is 264 g/mol. The lowest BCUT2D eigenvalue weighted by molar-refractivity contribution is -0.153. The van der Waals surface area contributed by atoms with Gasteiger partial charge in [0.15, 0.2) is 0 Å². The lowest BCUT2D eigenvalue weighted by Gasteiger charge is -2.39. The largest absolute Gasteiger partial charge is 0.481 e. The van der Waals surface area contributed by atoms with E-state index in [1.807, 2.05) is 13.1 Å². The first kappa shape index (κ1) is 14.1. The zero-order valence-corrected chi connectivity index (χ0v) is 12.4. The molecule has 4 heteroatoms. The van der Waals surface area contributed by atoms with Crippen molar-refractivity contribution in [3.63, 3.8) is 0 Å². The molecule has 0 aliphatic carbocycles. The average molecular weight is 286 g/mol. The summed E-state index contributed by atoms with van der Waals surface area (Å²) in [6, 6.07) is 8.48. The highest BCUT2D eigenvalue weighted by Crippen LogP contribution is 2.34. The number of likely N-dealkylation sites (tertiary alicyclic amines) is 1. The van der Waals surface area contributed by atoms with Crippen LogP contribution in [0.4, 0.5) is 0 Å². The van der Waals surface area contributed by atoms with Crippen molar-refractivity contribution in [2.24, 2.45) is 5.41 Å². The summed E-state index contributed by atoms with van der Waals surface area (Å²) in [6.45, 7) is 4.46. The van der Waals surface area contributed by atoms with Gasteiger partial charge >= 0.3 is 5.97 Å². The molecule has 1 aromatic carbocycles. The average Bonchev–Trinajstić information content (AvgIpc) is 2.94. The Hall–Kier alpha value is -1.81. The van der Waals surface area contributed by atoms with Crippen LogP contribution in [0.2, 0.25) is 0 Å². The summed E-state index contributed by atoms with van der Waals surface area (Å²) >= 11 is 0. The SMILES string of the molecule is CC[C@]1(C(=O)O)CCCN(Cc2ccc3[nH]ccc3c2)C1. The topological polar surface area (TPSA) is 56.3 Å². The second-order valence-electron chi connectivity index (χ2n) is 6.15. The molecule has 1 aromatic heterocycles. The van der Waals surface area contributed by atoms with Crippen LogP contribution in [0.25, 0.3) is 10.9 Å². The van der Waals surface area contributed by atoms with Gasteiger partial charge in [-0.05, 0) is 55.0 Å². The molecule has 0 saturated carbocycles. The summed E-state index contributed by atoms with van der Waals surface area (Å²) in [6.07, 6.45) is 4.41. The van der Waals surface area contributed by atoms with Gasteiger partial charge in [0.25, 0.3) is 0 Å². The quantitative estimate of drug-likeness (QED) is 0.907. The molecular formula is C17H22N2O2. The summed E-state index contributed by atoms with van der Waals surface area (Å²) in [7, 11) is 0. The predicted octanol–water partition coefficient (Wildman–Crippen LogP) is 3.24. The summed E-state index contributed by atoms with van der Waals surface area (Å²) in [5.41, 5.74) is 1.83. The molecule has 3 rings (SSSR count). The smallest absolute Gasteiger partial charge is 0.310 e. The van der Waals surface area contributed by atoms with Crippen LogP contribution >= 0.6 is 0 Å². The number of rotatable bonds is 4. The van der Waals surface area contributed by atoms with Gasteiger partial charge < -0.3 is 10.1 Å². The number of aromatic nitrogens is 1. The van der Waals surface area contributed by atoms with E-state index in [-0.39, 0.29) is 0 Å². The zero-order chi connectivity index (χ0) is 14.9. The maximum Gasteiger partial charge on any atom is 0.310 e. The maximum absolute atomic E-state index is 11.6. The number of hydrogen-bond acceptors (Lipinski definition) is 2. The highest BCUT2D eigenvalue weighted by atomic mass is 16.4. The van der Waals surface area contributed by atoms with E-state index in [1.165, 1.54) is 10.9 Å². The van der Waals surface area contributed by atoms with E-state index < -0.39 is 11.4 Å². The van der Waals surface area contributed by atoms with E-state index in [1.54, 1.807) is 0 Å². The Balaban J connectivity index is 1.76. The molecule has 1 aliphatic heterocycles. The molecule has 1 fully saturated rings. The van der Waals surface area contributed by atoms with Gasteiger partial charge in [0.1, 0.15) is 0 Å². The van der Waals surface area contributed by atoms with E-state index in [9.17, 15) is 9.90 Å². The standard InChI is InChI=1S/C17H22N2O2/c1-2-17(16(20)21)7-3-9-19(12-17)11-13-4-5-15-14(10-13)6-8-18-15/h4-6,8,10,18H,2-3,7,9,11-12H2,1H3,(H,20,21)/t17-/m0/s1. The highest BCUT2D eigenvalue weighted by Gasteiger charge is 2.40. The molecule has 4 nitrogen and oxygen atoms in total. The van der Waals surface area contributed by atoms with Crippen LogP contribution in [0, 0.1) is 5.41 Å². The number of benzene rings is 1. The van der Waals surface area contributed by atoms with Gasteiger partial charge in [-0.2, -0.15) is 0 Å². The van der Waals surface area contributed by atoms with Crippen LogP contribution in [0.15, 0.2) is 30.5 Å². The number of carboxylic acid groups (broad SMARTS) is 1. The number of fused-ring (bicyclic) bond motifs is 1. The number of H-pyrrole nitrogens is 1. The Morgan fingerprint density at radius 3 is 3.05 bits per heavy atom. The van der Waals surface area contributed by atoms with Crippen molar-refractivity contribution < 1.29 is 9.90 Å². The van der Waals surface area contributed by atoms with Gasteiger partial charge in [-0.3, -0.25) is 9.69 Å². The van der Waals surface area contributed by atoms with Gasteiger partial charge in [0.05, 0.1) is 5.41 Å². The van der Waals surface area contributed by atoms with Crippen molar-refractivity contribution in [3.05, 3.63) is 36.0 Å². The number of nitrogens with one attached hydrogen (secondary N) is 1. The number of carbonyl (C=O) groups is 1. The van der Waals surface area contributed by atoms with Gasteiger partial charge in [0, 0.05) is 24.8 Å². The first-order chi connectivity index (χ1) is 10.1. The van der Waals surface area contributed by atoms with Crippen LogP contribution in [0.1, 0.15) is 31.7 Å². The minimum Gasteiger partial charge on any atom is -0.481 e. The van der Waals surface area contributed by atoms with Gasteiger partial charge in [-0.1, -0.05) is 13.0 Å². The molecule has 2 heterocycles. The Bertz CT molecular complexity index is 649. The fourth-order valence-corrected chi connectivity index (χ4v) is 3.44. The van der Waals surface area contributed by atoms with Crippen molar-refractivity contribution in [1.82, 2.24) is 9.88 Å². The van der Waals surface area contributed by atoms with E-state index in [0.717, 1.165) is 31.4 Å². The Kier molecular flexibility index (Phi) is 3.72. The lowest BCUT2D eigenvalue weighted by atomic mass is 9.77. The second-order valence-corrected chi connectivity index (χ2v) is 6.15. The van der Waals surface area contributed by atoms with E-state index >= 15 is 0 Å². The van der Waals surface area contributed by atoms with Crippen LogP contribution in [-0.4, -0.2) is 34.0 Å². The molecule has 21 heavy (non-hydrogen) atoms. The van der Waals surface area contributed by atoms with Crippen molar-refractivity contribution in [2.75, 3.05) is 13.1 Å². The normalized spacial score (nSPS) is 23.5. The minimum absolute atomic E-state index is 0.559. The molecule has 0 bridgehead atoms. The number of nitrogens with zero attached hydrogens (tertiary/aromatic N) is 1. The van der Waals surface area contributed by atoms with Gasteiger partial charge in [-0.15, -0.1) is 0 Å². The Labute approximate surface area is 124 Å². The van der Waals surface area contributed by atoms with Gasteiger partial charge in [-0.25, -0.2) is 0 Å². The number of piperidine rings is 1. The number of carboxylic acids is 1. The molecule has 0 unspecified atom stereocenters. The van der Waals surface area contributed by atoms with E-state index in [0.29, 0.717) is 13.0 Å². The lowest BCUT2D eigenvalue weighted by Crippen LogP contribution is -2.47. The third kappa shape index (κ3) is 2.68. The molecule has 0 amide bonds. The van der Waals surface area contributed by atoms with E-state index in [2.05, 4.69) is 34.1 Å². The highest BCUT2D eigenvalue weighted by molar-refractivity contribution is 5.79. The predicted molar refractivity (Wildman–Crippen MR) is 83.2 cm³/mol. The van der Waals surface area contributed by atoms with Crippen molar-refractivity contribution in [2.45, 2.75) is 32.7 Å². The number of aromatic amines is 1. The minimum atomic E-state index is -0.643. The maximum atomic E-state index is 11.6. The summed E-state index contributed by atoms with van der Waals surface area (Å²) in [4.78, 5) is 17.1. The van der Waals surface area contributed by atoms with Crippen LogP contribution < -0.4 is 0 Å². The first-order valence-corrected chi connectivity index (χ1v) is 7.65. The summed E-state index contributed by atoms with van der Waals surface area (Å²) < 4.78 is 0. The van der Waals surface area contributed by atoms with E-state index in [4.69, 9.17) is 0 Å². The number of aliphatic carboxylic acids is 1. The molecule has 1 saturated heterocycles. The van der Waals surface area contributed by atoms with Crippen LogP contribution in [-0.2, 0) is 11.3 Å². The fourth-order valence-electron chi connectivity index (χ4n) is 3.44. The summed E-state index contributed by atoms with van der Waals surface area (Å²) in [5.74, 6) is -0.643. The molecule has 112 valence electrons. The van der Waals surface area contributed by atoms with Gasteiger partial charge in [0.2, 0.25) is 0 Å². The molecule has 0 spiro atoms. The van der Waals surface area contributed by atoms with Crippen molar-refractivity contribution >= 4 is 16.9 Å². The van der Waals surface area contributed by atoms with Crippen molar-refractivity contribution in [1.29, 1.82) is 0 Å². The number of hydrogen-bond donors (Lipinski definition) is 2. The summed E-state index contributed by atoms with van der Waals surface area (Å²) in [5, 5.41) is 10.8. The second kappa shape index (κ2) is 5.53. The molecule has 1 aliphatic rings. The monoisotopic (exact) mass is 286 g/mol. The molecule has 2 N–H and O–H groups in total. The Morgan fingerprint density at radius 1 is 1.43 bits per heavy atom. The third-order valence-electron chi connectivity index (χ3n) is 4.81. The molecule has 0 radical (unpaired) electrons. The van der Waals surface area contributed by atoms with Crippen molar-refractivity contribution in [3.8, 4) is 0 Å². The fraction of sp³-hybridized carbons (Fsp3) is 0.471. The molecule has 2 aromatic rings. The Morgan fingerprint density at radius 2 is 2.29 bits per heavy atom. The van der Waals surface area contributed by atoms with Crippen LogP contribution in [0.3, 0.4) is 0 Å². The van der Waals surface area contributed by atoms with Crippen LogP contribution in [0.5, 0.6) is 0 Å². The zero-order valence-electron chi connectivity index (χ0n) is 12.4. The molecule has 1 atom stereocenters. The third-order valence-corrected chi connectivity index (χ3v) is 4.81. The first-order valence-electron chi connectivity index (χ1n) is 7.65.